The summed E-state index contributed by atoms with van der Waals surface area (Å²) in [6.07, 6.45) is 1.88. The van der Waals surface area contributed by atoms with Gasteiger partial charge >= 0.3 is 0 Å². The highest BCUT2D eigenvalue weighted by Gasteiger charge is 2.47. The Morgan fingerprint density at radius 2 is 1.95 bits per heavy atom. The maximum Gasteiger partial charge on any atom is 0.153 e. The second-order valence-corrected chi connectivity index (χ2v) is 5.83. The van der Waals surface area contributed by atoms with Gasteiger partial charge in [0.15, 0.2) is 5.82 Å². The Balaban J connectivity index is 1.47. The van der Waals surface area contributed by atoms with Crippen molar-refractivity contribution in [1.29, 1.82) is 0 Å². The van der Waals surface area contributed by atoms with Crippen molar-refractivity contribution in [2.75, 3.05) is 62.3 Å². The minimum atomic E-state index is 0.544. The first-order valence-corrected chi connectivity index (χ1v) is 6.96. The van der Waals surface area contributed by atoms with Crippen molar-refractivity contribution in [2.24, 2.45) is 5.41 Å². The molecular formula is C13H19N5O. The molecule has 0 radical (unpaired) electrons. The van der Waals surface area contributed by atoms with E-state index in [1.165, 1.54) is 18.8 Å². The van der Waals surface area contributed by atoms with Gasteiger partial charge in [0.1, 0.15) is 0 Å². The van der Waals surface area contributed by atoms with Gasteiger partial charge in [0.2, 0.25) is 0 Å². The predicted molar refractivity (Wildman–Crippen MR) is 72.6 cm³/mol. The molecule has 0 amide bonds. The molecule has 4 rings (SSSR count). The van der Waals surface area contributed by atoms with E-state index in [0.29, 0.717) is 5.41 Å². The fourth-order valence-corrected chi connectivity index (χ4v) is 3.11. The normalized spacial score (nSPS) is 25.1. The Hall–Kier alpha value is -1.40. The van der Waals surface area contributed by atoms with Gasteiger partial charge in [-0.2, -0.15) is 5.10 Å². The minimum absolute atomic E-state index is 0.544. The first-order chi connectivity index (χ1) is 9.35. The lowest BCUT2D eigenvalue weighted by Gasteiger charge is -2.57. The maximum atomic E-state index is 5.37. The number of morpholine rings is 1. The van der Waals surface area contributed by atoms with Gasteiger partial charge in [-0.3, -0.25) is 0 Å². The smallest absolute Gasteiger partial charge is 0.153 e. The molecule has 1 spiro atoms. The van der Waals surface area contributed by atoms with E-state index in [-0.39, 0.29) is 0 Å². The van der Waals surface area contributed by atoms with Crippen LogP contribution in [0.25, 0.3) is 0 Å². The molecule has 0 aliphatic carbocycles. The second-order valence-electron chi connectivity index (χ2n) is 5.83. The lowest BCUT2D eigenvalue weighted by Crippen LogP contribution is -2.71. The molecule has 0 atom stereocenters. The van der Waals surface area contributed by atoms with Crippen LogP contribution < -0.4 is 15.1 Å². The van der Waals surface area contributed by atoms with Crippen LogP contribution in [0.5, 0.6) is 0 Å². The van der Waals surface area contributed by atoms with Gasteiger partial charge in [-0.15, -0.1) is 5.10 Å². The third-order valence-electron chi connectivity index (χ3n) is 4.38. The Morgan fingerprint density at radius 1 is 1.16 bits per heavy atom. The van der Waals surface area contributed by atoms with Gasteiger partial charge in [0, 0.05) is 50.7 Å². The van der Waals surface area contributed by atoms with Crippen LogP contribution in [0.3, 0.4) is 0 Å². The van der Waals surface area contributed by atoms with E-state index in [1.54, 1.807) is 0 Å². The van der Waals surface area contributed by atoms with Crippen molar-refractivity contribution in [3.05, 3.63) is 12.3 Å². The van der Waals surface area contributed by atoms with Crippen LogP contribution in [0.2, 0.25) is 0 Å². The van der Waals surface area contributed by atoms with Gasteiger partial charge in [0.25, 0.3) is 0 Å². The molecule has 3 aliphatic rings. The van der Waals surface area contributed by atoms with Gasteiger partial charge in [-0.25, -0.2) is 0 Å². The Morgan fingerprint density at radius 3 is 2.63 bits per heavy atom. The van der Waals surface area contributed by atoms with E-state index in [4.69, 9.17) is 4.74 Å². The molecule has 3 fully saturated rings. The highest BCUT2D eigenvalue weighted by molar-refractivity contribution is 5.56. The quantitative estimate of drug-likeness (QED) is 0.790. The van der Waals surface area contributed by atoms with Crippen molar-refractivity contribution in [3.63, 3.8) is 0 Å². The third-order valence-corrected chi connectivity index (χ3v) is 4.38. The van der Waals surface area contributed by atoms with E-state index < -0.39 is 0 Å². The molecule has 1 aromatic heterocycles. The fraction of sp³-hybridized carbons (Fsp3) is 0.692. The summed E-state index contributed by atoms with van der Waals surface area (Å²) in [6, 6.07) is 2.16. The SMILES string of the molecule is c1nnc(N2CCOCC2)cc1N1CC2(CNC2)C1. The van der Waals surface area contributed by atoms with Crippen LogP contribution in [0, 0.1) is 5.41 Å². The number of rotatable bonds is 2. The number of ether oxygens (including phenoxy) is 1. The zero-order valence-electron chi connectivity index (χ0n) is 11.0. The molecule has 3 saturated heterocycles. The highest BCUT2D eigenvalue weighted by atomic mass is 16.5. The fourth-order valence-electron chi connectivity index (χ4n) is 3.11. The third kappa shape index (κ3) is 1.95. The standard InChI is InChI=1S/C13H19N5O/c1-3-19-4-2-17(1)12-5-11(6-15-16-12)18-9-13(10-18)7-14-8-13/h5-6,14H,1-4,7-10H2. The number of aromatic nitrogens is 2. The van der Waals surface area contributed by atoms with E-state index in [2.05, 4.69) is 31.4 Å². The zero-order valence-corrected chi connectivity index (χ0v) is 11.0. The first kappa shape index (κ1) is 11.4. The van der Waals surface area contributed by atoms with Crippen LogP contribution in [-0.4, -0.2) is 62.7 Å². The van der Waals surface area contributed by atoms with Crippen molar-refractivity contribution >= 4 is 11.5 Å². The number of hydrogen-bond acceptors (Lipinski definition) is 6. The van der Waals surface area contributed by atoms with E-state index in [9.17, 15) is 0 Å². The summed E-state index contributed by atoms with van der Waals surface area (Å²) in [5, 5.41) is 11.8. The van der Waals surface area contributed by atoms with Crippen molar-refractivity contribution in [1.82, 2.24) is 15.5 Å². The molecule has 0 aromatic carbocycles. The van der Waals surface area contributed by atoms with Crippen molar-refractivity contribution in [3.8, 4) is 0 Å². The summed E-state index contributed by atoms with van der Waals surface area (Å²) in [5.74, 6) is 0.980. The number of nitrogens with zero attached hydrogens (tertiary/aromatic N) is 4. The van der Waals surface area contributed by atoms with Crippen molar-refractivity contribution < 1.29 is 4.74 Å². The topological polar surface area (TPSA) is 53.5 Å². The summed E-state index contributed by atoms with van der Waals surface area (Å²) >= 11 is 0. The molecule has 6 nitrogen and oxygen atoms in total. The first-order valence-electron chi connectivity index (χ1n) is 6.96. The van der Waals surface area contributed by atoms with E-state index >= 15 is 0 Å². The molecule has 19 heavy (non-hydrogen) atoms. The molecule has 1 aromatic rings. The van der Waals surface area contributed by atoms with Gasteiger partial charge < -0.3 is 19.9 Å². The monoisotopic (exact) mass is 261 g/mol. The van der Waals surface area contributed by atoms with E-state index in [1.807, 2.05) is 6.20 Å². The van der Waals surface area contributed by atoms with Gasteiger partial charge in [-0.05, 0) is 0 Å². The summed E-state index contributed by atoms with van der Waals surface area (Å²) in [4.78, 5) is 4.65. The van der Waals surface area contributed by atoms with Crippen LogP contribution in [-0.2, 0) is 4.74 Å². The highest BCUT2D eigenvalue weighted by Crippen LogP contribution is 2.37. The minimum Gasteiger partial charge on any atom is -0.378 e. The Kier molecular flexibility index (Phi) is 2.60. The molecule has 0 bridgehead atoms. The van der Waals surface area contributed by atoms with Crippen molar-refractivity contribution in [2.45, 2.75) is 0 Å². The van der Waals surface area contributed by atoms with E-state index in [0.717, 1.165) is 45.2 Å². The second kappa shape index (κ2) is 4.31. The summed E-state index contributed by atoms with van der Waals surface area (Å²) in [7, 11) is 0. The summed E-state index contributed by atoms with van der Waals surface area (Å²) in [5.41, 5.74) is 1.75. The van der Waals surface area contributed by atoms with Crippen LogP contribution >= 0.6 is 0 Å². The van der Waals surface area contributed by atoms with Crippen LogP contribution in [0.15, 0.2) is 12.3 Å². The predicted octanol–water partition coefficient (Wildman–Crippen LogP) is -0.277. The lowest BCUT2D eigenvalue weighted by molar-refractivity contribution is 0.120. The number of anilines is 2. The average Bonchev–Trinajstić information content (AvgIpc) is 2.37. The number of nitrogens with one attached hydrogen (secondary N) is 1. The molecule has 102 valence electrons. The molecule has 1 N–H and O–H groups in total. The molecule has 6 heteroatoms. The molecule has 0 saturated carbocycles. The summed E-state index contributed by atoms with van der Waals surface area (Å²) in [6.45, 7) is 8.01. The molecular weight excluding hydrogens is 242 g/mol. The molecule has 4 heterocycles. The van der Waals surface area contributed by atoms with Gasteiger partial charge in [-0.1, -0.05) is 0 Å². The molecule has 0 unspecified atom stereocenters. The maximum absolute atomic E-state index is 5.37. The van der Waals surface area contributed by atoms with Crippen LogP contribution in [0.4, 0.5) is 11.5 Å². The summed E-state index contributed by atoms with van der Waals surface area (Å²) < 4.78 is 5.37. The van der Waals surface area contributed by atoms with Gasteiger partial charge in [0.05, 0.1) is 25.1 Å². The zero-order chi connectivity index (χ0) is 12.7. The lowest BCUT2D eigenvalue weighted by atomic mass is 9.74. The Labute approximate surface area is 112 Å². The molecule has 3 aliphatic heterocycles. The largest absolute Gasteiger partial charge is 0.378 e. The average molecular weight is 261 g/mol. The number of hydrogen-bond donors (Lipinski definition) is 1. The van der Waals surface area contributed by atoms with Crippen LogP contribution in [0.1, 0.15) is 0 Å². The Bertz CT molecular complexity index is 462.